The van der Waals surface area contributed by atoms with Crippen LogP contribution in [0.1, 0.15) is 10.4 Å². The summed E-state index contributed by atoms with van der Waals surface area (Å²) >= 11 is 5.74. The number of carbonyl (C=O) groups is 1. The van der Waals surface area contributed by atoms with E-state index in [1.165, 1.54) is 32.4 Å². The van der Waals surface area contributed by atoms with E-state index in [0.717, 1.165) is 0 Å². The minimum atomic E-state index is -0.665. The first-order chi connectivity index (χ1) is 8.10. The predicted molar refractivity (Wildman–Crippen MR) is 61.5 cm³/mol. The zero-order valence-electron chi connectivity index (χ0n) is 9.50. The van der Waals surface area contributed by atoms with Crippen LogP contribution in [-0.2, 0) is 9.47 Å². The standard InChI is InChI=1S/C11H13ClFNO3/c1-16-9(17-2)6-14-11(15)10-7(12)4-3-5-8(10)13/h3-5,9H,6H2,1-2H3,(H,14,15). The van der Waals surface area contributed by atoms with Crippen LogP contribution < -0.4 is 5.32 Å². The van der Waals surface area contributed by atoms with Crippen molar-refractivity contribution in [2.45, 2.75) is 6.29 Å². The van der Waals surface area contributed by atoms with Crippen LogP contribution >= 0.6 is 11.6 Å². The van der Waals surface area contributed by atoms with Gasteiger partial charge in [-0.05, 0) is 12.1 Å². The Balaban J connectivity index is 2.70. The monoisotopic (exact) mass is 261 g/mol. The first-order valence-corrected chi connectivity index (χ1v) is 5.25. The van der Waals surface area contributed by atoms with E-state index < -0.39 is 18.0 Å². The minimum Gasteiger partial charge on any atom is -0.354 e. The van der Waals surface area contributed by atoms with Crippen molar-refractivity contribution in [3.63, 3.8) is 0 Å². The highest BCUT2D eigenvalue weighted by molar-refractivity contribution is 6.33. The first-order valence-electron chi connectivity index (χ1n) is 4.88. The maximum absolute atomic E-state index is 13.4. The lowest BCUT2D eigenvalue weighted by molar-refractivity contribution is -0.0974. The highest BCUT2D eigenvalue weighted by Crippen LogP contribution is 2.18. The Kier molecular flexibility index (Phi) is 5.34. The van der Waals surface area contributed by atoms with Crippen molar-refractivity contribution in [3.05, 3.63) is 34.6 Å². The Morgan fingerprint density at radius 2 is 2.12 bits per heavy atom. The average molecular weight is 262 g/mol. The number of halogens is 2. The van der Waals surface area contributed by atoms with Gasteiger partial charge in [0.2, 0.25) is 0 Å². The molecule has 1 amide bonds. The maximum Gasteiger partial charge on any atom is 0.255 e. The summed E-state index contributed by atoms with van der Waals surface area (Å²) in [5, 5.41) is 2.53. The first kappa shape index (κ1) is 13.9. The molecule has 94 valence electrons. The lowest BCUT2D eigenvalue weighted by atomic mass is 10.2. The third-order valence-corrected chi connectivity index (χ3v) is 2.46. The summed E-state index contributed by atoms with van der Waals surface area (Å²) in [4.78, 5) is 11.7. The quantitative estimate of drug-likeness (QED) is 0.823. The summed E-state index contributed by atoms with van der Waals surface area (Å²) in [7, 11) is 2.88. The van der Waals surface area contributed by atoms with E-state index in [-0.39, 0.29) is 17.1 Å². The summed E-state index contributed by atoms with van der Waals surface area (Å²) < 4.78 is 23.1. The van der Waals surface area contributed by atoms with Crippen LogP contribution in [0.2, 0.25) is 5.02 Å². The third-order valence-electron chi connectivity index (χ3n) is 2.14. The average Bonchev–Trinajstić information content (AvgIpc) is 2.30. The molecule has 1 aromatic rings. The molecule has 6 heteroatoms. The Hall–Kier alpha value is -1.17. The van der Waals surface area contributed by atoms with Crippen molar-refractivity contribution < 1.29 is 18.7 Å². The molecule has 0 spiro atoms. The Bertz CT molecular complexity index is 376. The number of benzene rings is 1. The van der Waals surface area contributed by atoms with Crippen molar-refractivity contribution in [2.75, 3.05) is 20.8 Å². The Morgan fingerprint density at radius 3 is 2.65 bits per heavy atom. The summed E-state index contributed by atoms with van der Waals surface area (Å²) in [6, 6.07) is 4.05. The van der Waals surface area contributed by atoms with Crippen molar-refractivity contribution in [2.24, 2.45) is 0 Å². The van der Waals surface area contributed by atoms with E-state index in [0.29, 0.717) is 0 Å². The molecule has 17 heavy (non-hydrogen) atoms. The second-order valence-corrected chi connectivity index (χ2v) is 3.61. The lowest BCUT2D eigenvalue weighted by Crippen LogP contribution is -2.34. The molecule has 0 aliphatic rings. The molecular formula is C11H13ClFNO3. The van der Waals surface area contributed by atoms with Gasteiger partial charge in [0.05, 0.1) is 17.1 Å². The van der Waals surface area contributed by atoms with Gasteiger partial charge in [-0.3, -0.25) is 4.79 Å². The number of nitrogens with one attached hydrogen (secondary N) is 1. The molecule has 0 aliphatic carbocycles. The fourth-order valence-electron chi connectivity index (χ4n) is 1.24. The predicted octanol–water partition coefficient (Wildman–Crippen LogP) is 1.83. The number of hydrogen-bond donors (Lipinski definition) is 1. The molecule has 0 radical (unpaired) electrons. The molecule has 0 fully saturated rings. The molecule has 0 saturated heterocycles. The van der Waals surface area contributed by atoms with Crippen LogP contribution in [-0.4, -0.2) is 33.0 Å². The third kappa shape index (κ3) is 3.66. The summed E-state index contributed by atoms with van der Waals surface area (Å²) in [5.74, 6) is -1.27. The zero-order chi connectivity index (χ0) is 12.8. The maximum atomic E-state index is 13.4. The van der Waals surface area contributed by atoms with E-state index >= 15 is 0 Å². The minimum absolute atomic E-state index is 0.0638. The summed E-state index contributed by atoms with van der Waals surface area (Å²) in [6.07, 6.45) is -0.579. The van der Waals surface area contributed by atoms with Gasteiger partial charge in [0.15, 0.2) is 6.29 Å². The number of carbonyl (C=O) groups excluding carboxylic acids is 1. The number of methoxy groups -OCH3 is 2. The number of rotatable bonds is 5. The van der Waals surface area contributed by atoms with Gasteiger partial charge < -0.3 is 14.8 Å². The van der Waals surface area contributed by atoms with E-state index in [9.17, 15) is 9.18 Å². The molecule has 0 aliphatic heterocycles. The fraction of sp³-hybridized carbons (Fsp3) is 0.364. The second-order valence-electron chi connectivity index (χ2n) is 3.21. The topological polar surface area (TPSA) is 47.6 Å². The number of hydrogen-bond acceptors (Lipinski definition) is 3. The highest BCUT2D eigenvalue weighted by Gasteiger charge is 2.16. The van der Waals surface area contributed by atoms with E-state index in [4.69, 9.17) is 21.1 Å². The molecular weight excluding hydrogens is 249 g/mol. The number of amides is 1. The van der Waals surface area contributed by atoms with Crippen LogP contribution in [0.5, 0.6) is 0 Å². The van der Waals surface area contributed by atoms with Crippen LogP contribution in [0.4, 0.5) is 4.39 Å². The molecule has 1 rings (SSSR count). The molecule has 0 saturated carbocycles. The zero-order valence-corrected chi connectivity index (χ0v) is 10.3. The van der Waals surface area contributed by atoms with Gasteiger partial charge >= 0.3 is 0 Å². The van der Waals surface area contributed by atoms with Crippen molar-refractivity contribution >= 4 is 17.5 Å². The molecule has 0 heterocycles. The van der Waals surface area contributed by atoms with Crippen LogP contribution in [0.25, 0.3) is 0 Å². The van der Waals surface area contributed by atoms with Crippen LogP contribution in [0.3, 0.4) is 0 Å². The van der Waals surface area contributed by atoms with Gasteiger partial charge in [0.25, 0.3) is 5.91 Å². The summed E-state index contributed by atoms with van der Waals surface area (Å²) in [6.45, 7) is 0.108. The molecule has 0 aromatic heterocycles. The van der Waals surface area contributed by atoms with Crippen molar-refractivity contribution in [1.29, 1.82) is 0 Å². The molecule has 1 aromatic carbocycles. The van der Waals surface area contributed by atoms with Crippen LogP contribution in [0.15, 0.2) is 18.2 Å². The lowest BCUT2D eigenvalue weighted by Gasteiger charge is -2.14. The number of ether oxygens (including phenoxy) is 2. The molecule has 0 bridgehead atoms. The molecule has 0 atom stereocenters. The normalized spacial score (nSPS) is 10.6. The van der Waals surface area contributed by atoms with Crippen LogP contribution in [0, 0.1) is 5.82 Å². The van der Waals surface area contributed by atoms with Gasteiger partial charge in [-0.15, -0.1) is 0 Å². The second kappa shape index (κ2) is 6.54. The molecule has 0 unspecified atom stereocenters. The molecule has 1 N–H and O–H groups in total. The van der Waals surface area contributed by atoms with Gasteiger partial charge in [-0.25, -0.2) is 4.39 Å². The van der Waals surface area contributed by atoms with Gasteiger partial charge in [0, 0.05) is 14.2 Å². The SMILES string of the molecule is COC(CNC(=O)c1c(F)cccc1Cl)OC. The van der Waals surface area contributed by atoms with Gasteiger partial charge in [-0.2, -0.15) is 0 Å². The molecule has 4 nitrogen and oxygen atoms in total. The highest BCUT2D eigenvalue weighted by atomic mass is 35.5. The van der Waals surface area contributed by atoms with Crippen molar-refractivity contribution in [3.8, 4) is 0 Å². The van der Waals surface area contributed by atoms with E-state index in [2.05, 4.69) is 5.32 Å². The Labute approximate surface area is 104 Å². The van der Waals surface area contributed by atoms with Crippen molar-refractivity contribution in [1.82, 2.24) is 5.32 Å². The summed E-state index contributed by atoms with van der Waals surface area (Å²) in [5.41, 5.74) is -0.180. The largest absolute Gasteiger partial charge is 0.354 e. The van der Waals surface area contributed by atoms with E-state index in [1.807, 2.05) is 0 Å². The fourth-order valence-corrected chi connectivity index (χ4v) is 1.49. The van der Waals surface area contributed by atoms with Gasteiger partial charge in [0.1, 0.15) is 5.82 Å². The van der Waals surface area contributed by atoms with E-state index in [1.54, 1.807) is 0 Å². The van der Waals surface area contributed by atoms with Gasteiger partial charge in [-0.1, -0.05) is 17.7 Å². The smallest absolute Gasteiger partial charge is 0.255 e. The Morgan fingerprint density at radius 1 is 1.47 bits per heavy atom.